The number of carbonyl (C=O) groups is 2. The highest BCUT2D eigenvalue weighted by Crippen LogP contribution is 2.18. The maximum Gasteiger partial charge on any atom is 0.316 e. The molecule has 13 heavy (non-hydrogen) atoms. The molecule has 1 aliphatic rings. The van der Waals surface area contributed by atoms with E-state index >= 15 is 0 Å². The zero-order chi connectivity index (χ0) is 9.68. The minimum Gasteiger partial charge on any atom is -0.465 e. The van der Waals surface area contributed by atoms with Gasteiger partial charge in [-0.25, -0.2) is 0 Å². The number of ether oxygens (including phenoxy) is 1. The number of esters is 1. The summed E-state index contributed by atoms with van der Waals surface area (Å²) >= 11 is 0. The lowest BCUT2D eigenvalue weighted by atomic mass is 9.95. The number of hydrogen-bond acceptors (Lipinski definition) is 3. The van der Waals surface area contributed by atoms with Crippen LogP contribution in [0.5, 0.6) is 0 Å². The summed E-state index contributed by atoms with van der Waals surface area (Å²) in [5.41, 5.74) is 0. The maximum atomic E-state index is 11.5. The Labute approximate surface area is 78.5 Å². The Morgan fingerprint density at radius 1 is 1.54 bits per heavy atom. The first-order valence-corrected chi connectivity index (χ1v) is 4.95. The molecule has 3 heteroatoms. The number of rotatable bonds is 3. The standard InChI is InChI=1S/C10H16O3/c1-2-5-9(11)8-6-3-4-7-13-10(8)12/h8H,2-7H2,1H3. The summed E-state index contributed by atoms with van der Waals surface area (Å²) in [5, 5.41) is 0. The molecule has 0 bridgehead atoms. The molecule has 0 radical (unpaired) electrons. The quantitative estimate of drug-likeness (QED) is 0.495. The first-order chi connectivity index (χ1) is 6.25. The first-order valence-electron chi connectivity index (χ1n) is 4.95. The van der Waals surface area contributed by atoms with Crippen molar-refractivity contribution in [3.8, 4) is 0 Å². The summed E-state index contributed by atoms with van der Waals surface area (Å²) in [7, 11) is 0. The zero-order valence-electron chi connectivity index (χ0n) is 8.04. The Hall–Kier alpha value is -0.860. The molecule has 0 aromatic rings. The molecular weight excluding hydrogens is 168 g/mol. The van der Waals surface area contributed by atoms with Gasteiger partial charge in [-0.2, -0.15) is 0 Å². The van der Waals surface area contributed by atoms with Crippen LogP contribution in [-0.4, -0.2) is 18.4 Å². The minimum atomic E-state index is -0.470. The van der Waals surface area contributed by atoms with Gasteiger partial charge in [0.05, 0.1) is 6.61 Å². The fraction of sp³-hybridized carbons (Fsp3) is 0.800. The summed E-state index contributed by atoms with van der Waals surface area (Å²) in [4.78, 5) is 22.7. The van der Waals surface area contributed by atoms with Gasteiger partial charge in [0.1, 0.15) is 11.7 Å². The Kier molecular flexibility index (Phi) is 3.93. The van der Waals surface area contributed by atoms with E-state index in [4.69, 9.17) is 4.74 Å². The highest BCUT2D eigenvalue weighted by molar-refractivity contribution is 5.99. The smallest absolute Gasteiger partial charge is 0.316 e. The van der Waals surface area contributed by atoms with Crippen LogP contribution in [0.4, 0.5) is 0 Å². The molecule has 1 fully saturated rings. The van der Waals surface area contributed by atoms with Crippen LogP contribution in [0.3, 0.4) is 0 Å². The molecule has 1 rings (SSSR count). The van der Waals surface area contributed by atoms with Gasteiger partial charge in [0, 0.05) is 6.42 Å². The zero-order valence-corrected chi connectivity index (χ0v) is 8.04. The van der Waals surface area contributed by atoms with Crippen LogP contribution in [-0.2, 0) is 14.3 Å². The van der Waals surface area contributed by atoms with Crippen molar-refractivity contribution in [2.75, 3.05) is 6.61 Å². The lowest BCUT2D eigenvalue weighted by Gasteiger charge is -2.09. The van der Waals surface area contributed by atoms with E-state index in [1.165, 1.54) is 0 Å². The molecule has 0 amide bonds. The number of hydrogen-bond donors (Lipinski definition) is 0. The molecule has 0 aliphatic carbocycles. The van der Waals surface area contributed by atoms with Gasteiger partial charge in [0.25, 0.3) is 0 Å². The lowest BCUT2D eigenvalue weighted by Crippen LogP contribution is -2.24. The van der Waals surface area contributed by atoms with Gasteiger partial charge >= 0.3 is 5.97 Å². The fourth-order valence-electron chi connectivity index (χ4n) is 1.55. The number of carbonyl (C=O) groups excluding carboxylic acids is 2. The highest BCUT2D eigenvalue weighted by atomic mass is 16.5. The van der Waals surface area contributed by atoms with Gasteiger partial charge in [-0.3, -0.25) is 9.59 Å². The van der Waals surface area contributed by atoms with Crippen LogP contribution < -0.4 is 0 Å². The van der Waals surface area contributed by atoms with E-state index in [2.05, 4.69) is 0 Å². The van der Waals surface area contributed by atoms with Crippen molar-refractivity contribution in [2.45, 2.75) is 39.0 Å². The van der Waals surface area contributed by atoms with Crippen molar-refractivity contribution in [2.24, 2.45) is 5.92 Å². The number of Topliss-reactive ketones (excluding diaryl/α,β-unsaturated/α-hetero) is 1. The molecule has 1 aliphatic heterocycles. The van der Waals surface area contributed by atoms with Gasteiger partial charge in [-0.15, -0.1) is 0 Å². The number of ketones is 1. The van der Waals surface area contributed by atoms with E-state index in [0.29, 0.717) is 19.4 Å². The Morgan fingerprint density at radius 2 is 2.31 bits per heavy atom. The SMILES string of the molecule is CCCC(=O)C1CCCCOC1=O. The fourth-order valence-corrected chi connectivity index (χ4v) is 1.55. The first kappa shape index (κ1) is 10.2. The van der Waals surface area contributed by atoms with E-state index in [1.807, 2.05) is 6.92 Å². The molecule has 74 valence electrons. The van der Waals surface area contributed by atoms with E-state index < -0.39 is 5.92 Å². The molecule has 0 N–H and O–H groups in total. The monoisotopic (exact) mass is 184 g/mol. The topological polar surface area (TPSA) is 43.4 Å². The van der Waals surface area contributed by atoms with E-state index in [0.717, 1.165) is 19.3 Å². The summed E-state index contributed by atoms with van der Waals surface area (Å²) in [6, 6.07) is 0. The van der Waals surface area contributed by atoms with Gasteiger partial charge < -0.3 is 4.74 Å². The lowest BCUT2D eigenvalue weighted by molar-refractivity contribution is -0.150. The minimum absolute atomic E-state index is 0.0504. The second kappa shape index (κ2) is 5.00. The van der Waals surface area contributed by atoms with Crippen molar-refractivity contribution in [3.05, 3.63) is 0 Å². The third-order valence-electron chi connectivity index (χ3n) is 2.30. The molecular formula is C10H16O3. The molecule has 1 heterocycles. The second-order valence-corrected chi connectivity index (χ2v) is 3.43. The van der Waals surface area contributed by atoms with Gasteiger partial charge in [-0.1, -0.05) is 6.92 Å². The van der Waals surface area contributed by atoms with Crippen LogP contribution in [0.25, 0.3) is 0 Å². The third-order valence-corrected chi connectivity index (χ3v) is 2.30. The summed E-state index contributed by atoms with van der Waals surface area (Å²) in [6.07, 6.45) is 3.80. The predicted octanol–water partition coefficient (Wildman–Crippen LogP) is 1.70. The molecule has 0 saturated carbocycles. The average molecular weight is 184 g/mol. The normalized spacial score (nSPS) is 23.5. The molecule has 0 aromatic heterocycles. The Bertz CT molecular complexity index is 198. The second-order valence-electron chi connectivity index (χ2n) is 3.43. The van der Waals surface area contributed by atoms with Crippen LogP contribution in [0, 0.1) is 5.92 Å². The third kappa shape index (κ3) is 2.83. The van der Waals surface area contributed by atoms with Crippen molar-refractivity contribution in [3.63, 3.8) is 0 Å². The summed E-state index contributed by atoms with van der Waals surface area (Å²) < 4.78 is 4.92. The Balaban J connectivity index is 2.53. The van der Waals surface area contributed by atoms with Gasteiger partial charge in [-0.05, 0) is 25.7 Å². The molecule has 0 spiro atoms. The summed E-state index contributed by atoms with van der Waals surface area (Å²) in [6.45, 7) is 2.43. The molecule has 0 aromatic carbocycles. The Morgan fingerprint density at radius 3 is 3.00 bits per heavy atom. The highest BCUT2D eigenvalue weighted by Gasteiger charge is 2.28. The average Bonchev–Trinajstić information content (AvgIpc) is 2.30. The van der Waals surface area contributed by atoms with Crippen molar-refractivity contribution >= 4 is 11.8 Å². The van der Waals surface area contributed by atoms with Gasteiger partial charge in [0.2, 0.25) is 0 Å². The van der Waals surface area contributed by atoms with Crippen molar-refractivity contribution in [1.82, 2.24) is 0 Å². The molecule has 1 atom stereocenters. The van der Waals surface area contributed by atoms with Crippen LogP contribution in [0.1, 0.15) is 39.0 Å². The van der Waals surface area contributed by atoms with Crippen LogP contribution >= 0.6 is 0 Å². The molecule has 3 nitrogen and oxygen atoms in total. The van der Waals surface area contributed by atoms with E-state index in [1.54, 1.807) is 0 Å². The predicted molar refractivity (Wildman–Crippen MR) is 48.2 cm³/mol. The number of cyclic esters (lactones) is 1. The van der Waals surface area contributed by atoms with Crippen molar-refractivity contribution in [1.29, 1.82) is 0 Å². The van der Waals surface area contributed by atoms with Crippen LogP contribution in [0.15, 0.2) is 0 Å². The molecule has 1 saturated heterocycles. The van der Waals surface area contributed by atoms with Gasteiger partial charge in [0.15, 0.2) is 0 Å². The largest absolute Gasteiger partial charge is 0.465 e. The van der Waals surface area contributed by atoms with E-state index in [9.17, 15) is 9.59 Å². The van der Waals surface area contributed by atoms with E-state index in [-0.39, 0.29) is 11.8 Å². The van der Waals surface area contributed by atoms with Crippen molar-refractivity contribution < 1.29 is 14.3 Å². The maximum absolute atomic E-state index is 11.5. The van der Waals surface area contributed by atoms with Crippen LogP contribution in [0.2, 0.25) is 0 Å². The molecule has 1 unspecified atom stereocenters. The summed E-state index contributed by atoms with van der Waals surface area (Å²) in [5.74, 6) is -0.729.